The van der Waals surface area contributed by atoms with Gasteiger partial charge in [-0.2, -0.15) is 0 Å². The molecular weight excluding hydrogens is 319 g/mol. The first kappa shape index (κ1) is 15.8. The second-order valence-corrected chi connectivity index (χ2v) is 7.73. The molecule has 6 nitrogen and oxygen atoms in total. The van der Waals surface area contributed by atoms with Gasteiger partial charge in [0.05, 0.1) is 11.4 Å². The lowest BCUT2D eigenvalue weighted by Crippen LogP contribution is -2.25. The highest BCUT2D eigenvalue weighted by molar-refractivity contribution is 7.89. The van der Waals surface area contributed by atoms with Crippen molar-refractivity contribution in [2.75, 3.05) is 18.1 Å². The number of nitrogens with zero attached hydrogens (tertiary/aromatic N) is 2. The van der Waals surface area contributed by atoms with Crippen molar-refractivity contribution in [2.45, 2.75) is 18.7 Å². The number of aromatic nitrogens is 2. The van der Waals surface area contributed by atoms with Crippen LogP contribution in [0.2, 0.25) is 0 Å². The van der Waals surface area contributed by atoms with Crippen LogP contribution in [0.4, 0.5) is 16.0 Å². The van der Waals surface area contributed by atoms with Crippen molar-refractivity contribution in [3.05, 3.63) is 47.0 Å². The smallest absolute Gasteiger partial charge is 0.227 e. The Balaban J connectivity index is 1.79. The van der Waals surface area contributed by atoms with Crippen LogP contribution in [-0.4, -0.2) is 31.2 Å². The van der Waals surface area contributed by atoms with Gasteiger partial charge in [-0.25, -0.2) is 22.8 Å². The largest absolute Gasteiger partial charge is 0.324 e. The number of sulfone groups is 1. The molecule has 3 rings (SSSR count). The molecule has 0 spiro atoms. The maximum atomic E-state index is 14.0. The Bertz CT molecular complexity index is 839. The number of rotatable bonds is 4. The molecule has 0 atom stereocenters. The first-order valence-corrected chi connectivity index (χ1v) is 9.25. The molecule has 0 bridgehead atoms. The number of anilines is 2. The highest BCUT2D eigenvalue weighted by atomic mass is 32.2. The average molecular weight is 336 g/mol. The normalized spacial score (nSPS) is 14.3. The van der Waals surface area contributed by atoms with Gasteiger partial charge in [-0.1, -0.05) is 6.07 Å². The molecule has 0 radical (unpaired) electrons. The highest BCUT2D eigenvalue weighted by Gasteiger charge is 2.13. The molecule has 1 aliphatic rings. The molecule has 1 aromatic carbocycles. The summed E-state index contributed by atoms with van der Waals surface area (Å²) >= 11 is 0. The molecule has 0 unspecified atom stereocenters. The molecular formula is C15H17FN4O2S. The molecule has 23 heavy (non-hydrogen) atoms. The molecule has 0 saturated carbocycles. The van der Waals surface area contributed by atoms with Crippen molar-refractivity contribution in [1.29, 1.82) is 0 Å². The Morgan fingerprint density at radius 3 is 2.96 bits per heavy atom. The van der Waals surface area contributed by atoms with Crippen molar-refractivity contribution >= 4 is 21.5 Å². The van der Waals surface area contributed by atoms with E-state index in [2.05, 4.69) is 20.6 Å². The van der Waals surface area contributed by atoms with E-state index < -0.39 is 15.7 Å². The number of benzene rings is 1. The summed E-state index contributed by atoms with van der Waals surface area (Å²) in [5, 5.41) is 6.18. The zero-order chi connectivity index (χ0) is 16.4. The maximum absolute atomic E-state index is 14.0. The van der Waals surface area contributed by atoms with Crippen molar-refractivity contribution < 1.29 is 12.8 Å². The van der Waals surface area contributed by atoms with Crippen molar-refractivity contribution in [1.82, 2.24) is 15.3 Å². The van der Waals surface area contributed by atoms with Gasteiger partial charge in [-0.3, -0.25) is 0 Å². The molecule has 2 N–H and O–H groups in total. The third kappa shape index (κ3) is 4.02. The van der Waals surface area contributed by atoms with Crippen LogP contribution in [0.3, 0.4) is 0 Å². The summed E-state index contributed by atoms with van der Waals surface area (Å²) in [4.78, 5) is 8.65. The molecule has 1 aliphatic heterocycles. The first-order chi connectivity index (χ1) is 10.9. The predicted octanol–water partition coefficient (Wildman–Crippen LogP) is 1.55. The quantitative estimate of drug-likeness (QED) is 0.881. The van der Waals surface area contributed by atoms with Gasteiger partial charge in [0.1, 0.15) is 5.82 Å². The van der Waals surface area contributed by atoms with Crippen LogP contribution >= 0.6 is 0 Å². The molecule has 0 fully saturated rings. The Morgan fingerprint density at radius 1 is 1.39 bits per heavy atom. The molecule has 8 heteroatoms. The van der Waals surface area contributed by atoms with Crippen molar-refractivity contribution in [3.63, 3.8) is 0 Å². The van der Waals surface area contributed by atoms with Crippen LogP contribution in [0.25, 0.3) is 0 Å². The van der Waals surface area contributed by atoms with E-state index in [0.717, 1.165) is 30.5 Å². The lowest BCUT2D eigenvalue weighted by Gasteiger charge is -2.16. The van der Waals surface area contributed by atoms with Gasteiger partial charge in [0, 0.05) is 30.2 Å². The summed E-state index contributed by atoms with van der Waals surface area (Å²) in [6, 6.07) is 4.32. The van der Waals surface area contributed by atoms with E-state index in [4.69, 9.17) is 0 Å². The van der Waals surface area contributed by atoms with Gasteiger partial charge in [-0.05, 0) is 30.7 Å². The van der Waals surface area contributed by atoms with Crippen molar-refractivity contribution in [2.24, 2.45) is 0 Å². The fraction of sp³-hybridized carbons (Fsp3) is 0.333. The van der Waals surface area contributed by atoms with Gasteiger partial charge in [-0.15, -0.1) is 0 Å². The standard InChI is InChI=1S/C15H17FN4O2S/c1-23(21,22)9-11-2-3-12(6-13(11)16)19-15-18-7-10-4-5-17-8-14(10)20-15/h2-3,6-7,17H,4-5,8-9H2,1H3,(H,18,19,20). The molecule has 2 aromatic rings. The fourth-order valence-electron chi connectivity index (χ4n) is 2.45. The third-order valence-corrected chi connectivity index (χ3v) is 4.38. The topological polar surface area (TPSA) is 84.0 Å². The second-order valence-electron chi connectivity index (χ2n) is 5.59. The summed E-state index contributed by atoms with van der Waals surface area (Å²) < 4.78 is 36.5. The lowest BCUT2D eigenvalue weighted by molar-refractivity contribution is 0.592. The zero-order valence-electron chi connectivity index (χ0n) is 12.6. The minimum atomic E-state index is -3.27. The summed E-state index contributed by atoms with van der Waals surface area (Å²) in [7, 11) is -3.27. The van der Waals surface area contributed by atoms with Gasteiger partial charge >= 0.3 is 0 Å². The predicted molar refractivity (Wildman–Crippen MR) is 85.7 cm³/mol. The van der Waals surface area contributed by atoms with E-state index >= 15 is 0 Å². The second kappa shape index (κ2) is 6.21. The highest BCUT2D eigenvalue weighted by Crippen LogP contribution is 2.20. The average Bonchev–Trinajstić information content (AvgIpc) is 2.49. The van der Waals surface area contributed by atoms with E-state index in [1.165, 1.54) is 12.1 Å². The minimum Gasteiger partial charge on any atom is -0.324 e. The Hall–Kier alpha value is -2.06. The Labute approximate surface area is 134 Å². The number of hydrogen-bond donors (Lipinski definition) is 2. The summed E-state index contributed by atoms with van der Waals surface area (Å²) in [5.41, 5.74) is 2.67. The Morgan fingerprint density at radius 2 is 2.22 bits per heavy atom. The van der Waals surface area contributed by atoms with E-state index in [0.29, 0.717) is 18.2 Å². The summed E-state index contributed by atoms with van der Waals surface area (Å²) in [5.74, 6) is -0.497. The van der Waals surface area contributed by atoms with Gasteiger partial charge in [0.25, 0.3) is 0 Å². The van der Waals surface area contributed by atoms with Crippen molar-refractivity contribution in [3.8, 4) is 0 Å². The molecule has 2 heterocycles. The molecule has 0 saturated heterocycles. The number of hydrogen-bond acceptors (Lipinski definition) is 6. The third-order valence-electron chi connectivity index (χ3n) is 3.54. The monoisotopic (exact) mass is 336 g/mol. The molecule has 0 amide bonds. The lowest BCUT2D eigenvalue weighted by atomic mass is 10.1. The van der Waals surface area contributed by atoms with E-state index in [1.807, 2.05) is 0 Å². The molecule has 122 valence electrons. The van der Waals surface area contributed by atoms with Gasteiger partial charge in [0.15, 0.2) is 9.84 Å². The molecule has 1 aromatic heterocycles. The van der Waals surface area contributed by atoms with E-state index in [1.54, 1.807) is 12.3 Å². The van der Waals surface area contributed by atoms with E-state index in [-0.39, 0.29) is 11.3 Å². The van der Waals surface area contributed by atoms with Crippen LogP contribution < -0.4 is 10.6 Å². The van der Waals surface area contributed by atoms with Gasteiger partial charge in [0.2, 0.25) is 5.95 Å². The maximum Gasteiger partial charge on any atom is 0.227 e. The minimum absolute atomic E-state index is 0.147. The van der Waals surface area contributed by atoms with E-state index in [9.17, 15) is 12.8 Å². The number of fused-ring (bicyclic) bond motifs is 1. The number of halogens is 1. The summed E-state index contributed by atoms with van der Waals surface area (Å²) in [6.07, 6.45) is 3.75. The summed E-state index contributed by atoms with van der Waals surface area (Å²) in [6.45, 7) is 1.60. The van der Waals surface area contributed by atoms with Crippen LogP contribution in [0.5, 0.6) is 0 Å². The Kier molecular flexibility index (Phi) is 4.27. The van der Waals surface area contributed by atoms with Crippen LogP contribution in [0.1, 0.15) is 16.8 Å². The zero-order valence-corrected chi connectivity index (χ0v) is 13.5. The van der Waals surface area contributed by atoms with Gasteiger partial charge < -0.3 is 10.6 Å². The molecule has 0 aliphatic carbocycles. The fourth-order valence-corrected chi connectivity index (χ4v) is 3.25. The first-order valence-electron chi connectivity index (χ1n) is 7.19. The van der Waals surface area contributed by atoms with Crippen LogP contribution in [0.15, 0.2) is 24.4 Å². The van der Waals surface area contributed by atoms with Crippen LogP contribution in [-0.2, 0) is 28.6 Å². The number of nitrogens with one attached hydrogen (secondary N) is 2. The SMILES string of the molecule is CS(=O)(=O)Cc1ccc(Nc2ncc3c(n2)CNCC3)cc1F. The van der Waals surface area contributed by atoms with Crippen LogP contribution in [0, 0.1) is 5.82 Å².